The first-order valence-corrected chi connectivity index (χ1v) is 6.01. The number of carboxylic acid groups (broad SMARTS) is 1. The molecule has 0 radical (unpaired) electrons. The number of hydrogen-bond donors (Lipinski definition) is 2. The Kier molecular flexibility index (Phi) is 2.63. The van der Waals surface area contributed by atoms with Crippen molar-refractivity contribution in [3.8, 4) is 0 Å². The molecule has 2 aliphatic heterocycles. The summed E-state index contributed by atoms with van der Waals surface area (Å²) in [5, 5.41) is 11.9. The average Bonchev–Trinajstić information content (AvgIpc) is 2.48. The predicted molar refractivity (Wildman–Crippen MR) is 62.2 cm³/mol. The van der Waals surface area contributed by atoms with E-state index in [2.05, 4.69) is 5.32 Å². The van der Waals surface area contributed by atoms with Crippen molar-refractivity contribution >= 4 is 12.1 Å². The molecule has 1 amide bonds. The van der Waals surface area contributed by atoms with Crippen LogP contribution in [0.3, 0.4) is 0 Å². The highest BCUT2D eigenvalue weighted by Crippen LogP contribution is 2.55. The van der Waals surface area contributed by atoms with Crippen molar-refractivity contribution < 1.29 is 24.2 Å². The zero-order valence-electron chi connectivity index (χ0n) is 11.1. The molecular weight excluding hydrogens is 238 g/mol. The molecule has 3 fully saturated rings. The van der Waals surface area contributed by atoms with Crippen LogP contribution in [0.15, 0.2) is 0 Å². The molecule has 2 heterocycles. The molecule has 1 atom stereocenters. The van der Waals surface area contributed by atoms with Gasteiger partial charge in [-0.3, -0.25) is 0 Å². The topological polar surface area (TPSA) is 84.9 Å². The van der Waals surface area contributed by atoms with Crippen molar-refractivity contribution in [2.45, 2.75) is 63.4 Å². The Balaban J connectivity index is 2.00. The van der Waals surface area contributed by atoms with Gasteiger partial charge in [-0.2, -0.15) is 0 Å². The summed E-state index contributed by atoms with van der Waals surface area (Å²) < 4.78 is 10.6. The SMILES string of the molecule is CC1OC2(C(=O)O)CC1(NC(=O)OC(C)(C)C)C2. The second kappa shape index (κ2) is 3.60. The van der Waals surface area contributed by atoms with Crippen LogP contribution in [0.1, 0.15) is 40.5 Å². The lowest BCUT2D eigenvalue weighted by molar-refractivity contribution is -0.164. The van der Waals surface area contributed by atoms with E-state index < -0.39 is 28.8 Å². The molecule has 1 aliphatic carbocycles. The van der Waals surface area contributed by atoms with Crippen LogP contribution in [0, 0.1) is 0 Å². The lowest BCUT2D eigenvalue weighted by Crippen LogP contribution is -2.64. The number of nitrogens with one attached hydrogen (secondary N) is 1. The Morgan fingerprint density at radius 2 is 1.94 bits per heavy atom. The van der Waals surface area contributed by atoms with Crippen molar-refractivity contribution in [3.05, 3.63) is 0 Å². The second-order valence-electron chi connectivity index (χ2n) is 6.20. The van der Waals surface area contributed by atoms with Gasteiger partial charge in [-0.15, -0.1) is 0 Å². The summed E-state index contributed by atoms with van der Waals surface area (Å²) in [7, 11) is 0. The molecular formula is C12H19NO5. The Hall–Kier alpha value is -1.30. The molecule has 1 unspecified atom stereocenters. The van der Waals surface area contributed by atoms with Crippen molar-refractivity contribution in [1.82, 2.24) is 5.32 Å². The van der Waals surface area contributed by atoms with Crippen molar-refractivity contribution in [2.24, 2.45) is 0 Å². The highest BCUT2D eigenvalue weighted by Gasteiger charge is 2.71. The van der Waals surface area contributed by atoms with Crippen molar-refractivity contribution in [2.75, 3.05) is 0 Å². The molecule has 102 valence electrons. The fourth-order valence-electron chi connectivity index (χ4n) is 2.69. The van der Waals surface area contributed by atoms with Gasteiger partial charge in [0.15, 0.2) is 5.60 Å². The van der Waals surface area contributed by atoms with Crippen LogP contribution in [0.4, 0.5) is 4.79 Å². The monoisotopic (exact) mass is 257 g/mol. The lowest BCUT2D eigenvalue weighted by Gasteiger charge is -2.42. The summed E-state index contributed by atoms with van der Waals surface area (Å²) in [6, 6.07) is 0. The minimum atomic E-state index is -1.12. The fourth-order valence-corrected chi connectivity index (χ4v) is 2.69. The zero-order valence-corrected chi connectivity index (χ0v) is 11.1. The summed E-state index contributed by atoms with van der Waals surface area (Å²) in [5.74, 6) is -0.964. The number of hydrogen-bond acceptors (Lipinski definition) is 4. The number of carbonyl (C=O) groups is 2. The third-order valence-corrected chi connectivity index (χ3v) is 3.52. The minimum Gasteiger partial charge on any atom is -0.479 e. The number of alkyl carbamates (subject to hydrolysis) is 1. The molecule has 18 heavy (non-hydrogen) atoms. The second-order valence-corrected chi connectivity index (χ2v) is 6.20. The normalized spacial score (nSPS) is 37.9. The maximum Gasteiger partial charge on any atom is 0.408 e. The van der Waals surface area contributed by atoms with Crippen LogP contribution in [0.5, 0.6) is 0 Å². The van der Waals surface area contributed by atoms with E-state index in [-0.39, 0.29) is 6.10 Å². The van der Waals surface area contributed by atoms with Gasteiger partial charge >= 0.3 is 12.1 Å². The van der Waals surface area contributed by atoms with Crippen LogP contribution in [0.25, 0.3) is 0 Å². The van der Waals surface area contributed by atoms with Crippen molar-refractivity contribution in [3.63, 3.8) is 0 Å². The summed E-state index contributed by atoms with van der Waals surface area (Å²) in [6.45, 7) is 7.11. The molecule has 0 spiro atoms. The molecule has 2 saturated heterocycles. The quantitative estimate of drug-likeness (QED) is 0.778. The Labute approximate surface area is 106 Å². The van der Waals surface area contributed by atoms with Gasteiger partial charge in [-0.05, 0) is 27.7 Å². The van der Waals surface area contributed by atoms with Gasteiger partial charge in [0.25, 0.3) is 0 Å². The molecule has 0 aromatic rings. The van der Waals surface area contributed by atoms with Crippen LogP contribution in [-0.4, -0.2) is 40.0 Å². The number of amides is 1. The molecule has 1 saturated carbocycles. The van der Waals surface area contributed by atoms with Gasteiger partial charge in [0.1, 0.15) is 5.60 Å². The molecule has 6 heteroatoms. The van der Waals surface area contributed by atoms with E-state index in [4.69, 9.17) is 14.6 Å². The smallest absolute Gasteiger partial charge is 0.408 e. The van der Waals surface area contributed by atoms with E-state index in [1.165, 1.54) is 0 Å². The maximum atomic E-state index is 11.7. The highest BCUT2D eigenvalue weighted by atomic mass is 16.6. The van der Waals surface area contributed by atoms with Gasteiger partial charge in [0.05, 0.1) is 11.6 Å². The van der Waals surface area contributed by atoms with Gasteiger partial charge in [-0.1, -0.05) is 0 Å². The number of aliphatic carboxylic acids is 1. The maximum absolute atomic E-state index is 11.7. The summed E-state index contributed by atoms with van der Waals surface area (Å²) >= 11 is 0. The van der Waals surface area contributed by atoms with Crippen LogP contribution in [0.2, 0.25) is 0 Å². The van der Waals surface area contributed by atoms with E-state index in [9.17, 15) is 9.59 Å². The van der Waals surface area contributed by atoms with Gasteiger partial charge < -0.3 is 19.9 Å². The molecule has 2 N–H and O–H groups in total. The first kappa shape index (κ1) is 13.1. The minimum absolute atomic E-state index is 0.301. The Bertz CT molecular complexity index is 392. The van der Waals surface area contributed by atoms with Crippen LogP contribution in [-0.2, 0) is 14.3 Å². The van der Waals surface area contributed by atoms with E-state index in [0.717, 1.165) is 0 Å². The summed E-state index contributed by atoms with van der Waals surface area (Å²) in [4.78, 5) is 22.8. The Morgan fingerprint density at radius 1 is 1.39 bits per heavy atom. The van der Waals surface area contributed by atoms with Gasteiger partial charge in [0, 0.05) is 12.8 Å². The third kappa shape index (κ3) is 1.94. The molecule has 3 aliphatic rings. The largest absolute Gasteiger partial charge is 0.479 e. The van der Waals surface area contributed by atoms with E-state index in [0.29, 0.717) is 12.8 Å². The summed E-state index contributed by atoms with van der Waals surface area (Å²) in [5.41, 5.74) is -2.29. The van der Waals surface area contributed by atoms with E-state index in [1.54, 1.807) is 27.7 Å². The number of carboxylic acids is 1. The number of fused-ring (bicyclic) bond motifs is 1. The number of ether oxygens (including phenoxy) is 2. The predicted octanol–water partition coefficient (Wildman–Crippen LogP) is 1.29. The molecule has 3 rings (SSSR count). The van der Waals surface area contributed by atoms with E-state index >= 15 is 0 Å². The third-order valence-electron chi connectivity index (χ3n) is 3.52. The average molecular weight is 257 g/mol. The fraction of sp³-hybridized carbons (Fsp3) is 0.833. The van der Waals surface area contributed by atoms with Gasteiger partial charge in [-0.25, -0.2) is 9.59 Å². The van der Waals surface area contributed by atoms with Gasteiger partial charge in [0.2, 0.25) is 0 Å². The number of carbonyl (C=O) groups excluding carboxylic acids is 1. The van der Waals surface area contributed by atoms with Crippen LogP contribution >= 0.6 is 0 Å². The van der Waals surface area contributed by atoms with E-state index in [1.807, 2.05) is 0 Å². The zero-order chi connectivity index (χ0) is 13.8. The highest BCUT2D eigenvalue weighted by molar-refractivity contribution is 5.82. The standard InChI is InChI=1S/C12H19NO5/c1-7-11(13-9(16)18-10(2,3)4)5-12(6-11,17-7)8(14)15/h7H,5-6H2,1-4H3,(H,13,16)(H,14,15). The lowest BCUT2D eigenvalue weighted by atomic mass is 9.66. The molecule has 6 nitrogen and oxygen atoms in total. The molecule has 0 aromatic heterocycles. The first-order chi connectivity index (χ1) is 8.09. The first-order valence-electron chi connectivity index (χ1n) is 6.01. The Morgan fingerprint density at radius 3 is 2.33 bits per heavy atom. The number of rotatable bonds is 2. The van der Waals surface area contributed by atoms with Crippen LogP contribution < -0.4 is 5.32 Å². The molecule has 0 aromatic carbocycles. The molecule has 2 bridgehead atoms. The summed E-state index contributed by atoms with van der Waals surface area (Å²) in [6.07, 6.45) is -0.245. The van der Waals surface area contributed by atoms with Crippen molar-refractivity contribution in [1.29, 1.82) is 0 Å².